The summed E-state index contributed by atoms with van der Waals surface area (Å²) < 4.78 is 39.9. The van der Waals surface area contributed by atoms with Crippen LogP contribution in [-0.4, -0.2) is 23.7 Å². The van der Waals surface area contributed by atoms with Crippen molar-refractivity contribution in [1.29, 1.82) is 0 Å². The monoisotopic (exact) mass is 333 g/mol. The molecule has 0 aliphatic carbocycles. The van der Waals surface area contributed by atoms with Gasteiger partial charge < -0.3 is 5.11 Å². The minimum Gasteiger partial charge on any atom is -0.390 e. The molecule has 2 aromatic rings. The molecule has 0 unspecified atom stereocenters. The van der Waals surface area contributed by atoms with Gasteiger partial charge in [0.15, 0.2) is 0 Å². The van der Waals surface area contributed by atoms with E-state index in [2.05, 4.69) is 14.9 Å². The highest BCUT2D eigenvalue weighted by molar-refractivity contribution is 7.89. The molecule has 0 spiro atoms. The molecular formula is C12H13ClFN3O3S. The zero-order valence-electron chi connectivity index (χ0n) is 11.0. The fraction of sp³-hybridized carbons (Fsp3) is 0.250. The molecule has 0 saturated carbocycles. The van der Waals surface area contributed by atoms with Crippen molar-refractivity contribution in [3.63, 3.8) is 0 Å². The van der Waals surface area contributed by atoms with Gasteiger partial charge in [0, 0.05) is 6.54 Å². The maximum Gasteiger partial charge on any atom is 0.244 e. The Morgan fingerprint density at radius 3 is 2.81 bits per heavy atom. The smallest absolute Gasteiger partial charge is 0.244 e. The first-order chi connectivity index (χ1) is 9.85. The van der Waals surface area contributed by atoms with Gasteiger partial charge in [-0.3, -0.25) is 5.10 Å². The molecule has 0 aliphatic rings. The lowest BCUT2D eigenvalue weighted by Crippen LogP contribution is -2.24. The number of aromatic nitrogens is 2. The van der Waals surface area contributed by atoms with Gasteiger partial charge in [0.25, 0.3) is 0 Å². The van der Waals surface area contributed by atoms with Crippen LogP contribution in [0.1, 0.15) is 17.0 Å². The molecule has 9 heteroatoms. The molecule has 0 bridgehead atoms. The van der Waals surface area contributed by atoms with Crippen molar-refractivity contribution in [1.82, 2.24) is 14.9 Å². The van der Waals surface area contributed by atoms with Gasteiger partial charge in [-0.2, -0.15) is 5.10 Å². The summed E-state index contributed by atoms with van der Waals surface area (Å²) in [5.74, 6) is -0.573. The second-order valence-electron chi connectivity index (χ2n) is 4.36. The van der Waals surface area contributed by atoms with Crippen molar-refractivity contribution in [2.75, 3.05) is 0 Å². The standard InChI is InChI=1S/C12H13ClFN3O3S/c1-7-12(11(6-18)17-16-7)21(19,20)15-5-8-2-3-10(14)9(13)4-8/h2-4,15,18H,5-6H2,1H3,(H,16,17). The van der Waals surface area contributed by atoms with E-state index >= 15 is 0 Å². The number of H-pyrrole nitrogens is 1. The van der Waals surface area contributed by atoms with Crippen LogP contribution in [0.4, 0.5) is 4.39 Å². The van der Waals surface area contributed by atoms with Crippen molar-refractivity contribution < 1.29 is 17.9 Å². The Labute approximate surface area is 126 Å². The number of rotatable bonds is 5. The van der Waals surface area contributed by atoms with Gasteiger partial charge in [-0.05, 0) is 24.6 Å². The van der Waals surface area contributed by atoms with E-state index in [1.807, 2.05) is 0 Å². The molecule has 1 heterocycles. The van der Waals surface area contributed by atoms with Gasteiger partial charge in [0.2, 0.25) is 10.0 Å². The van der Waals surface area contributed by atoms with Crippen LogP contribution in [0, 0.1) is 12.7 Å². The van der Waals surface area contributed by atoms with Crippen molar-refractivity contribution in [3.05, 3.63) is 46.0 Å². The van der Waals surface area contributed by atoms with E-state index in [0.29, 0.717) is 11.3 Å². The van der Waals surface area contributed by atoms with Crippen LogP contribution in [-0.2, 0) is 23.2 Å². The molecule has 1 aromatic carbocycles. The zero-order chi connectivity index (χ0) is 15.6. The predicted octanol–water partition coefficient (Wildman–Crippen LogP) is 1.48. The van der Waals surface area contributed by atoms with E-state index in [9.17, 15) is 12.8 Å². The molecular weight excluding hydrogens is 321 g/mol. The van der Waals surface area contributed by atoms with Crippen LogP contribution in [0.25, 0.3) is 0 Å². The summed E-state index contributed by atoms with van der Waals surface area (Å²) in [6.45, 7) is 0.982. The van der Waals surface area contributed by atoms with E-state index in [0.717, 1.165) is 6.07 Å². The van der Waals surface area contributed by atoms with E-state index in [1.165, 1.54) is 19.1 Å². The third-order valence-corrected chi connectivity index (χ3v) is 4.72. The second-order valence-corrected chi connectivity index (χ2v) is 6.47. The maximum atomic E-state index is 13.0. The highest BCUT2D eigenvalue weighted by Gasteiger charge is 2.23. The first kappa shape index (κ1) is 15.9. The highest BCUT2D eigenvalue weighted by atomic mass is 35.5. The number of aliphatic hydroxyl groups is 1. The lowest BCUT2D eigenvalue weighted by molar-refractivity contribution is 0.273. The van der Waals surface area contributed by atoms with E-state index < -0.39 is 22.4 Å². The van der Waals surface area contributed by atoms with Gasteiger partial charge in [0.05, 0.1) is 17.3 Å². The van der Waals surface area contributed by atoms with Crippen molar-refractivity contribution >= 4 is 21.6 Å². The molecule has 114 valence electrons. The number of halogens is 2. The summed E-state index contributed by atoms with van der Waals surface area (Å²) in [7, 11) is -3.85. The SMILES string of the molecule is Cc1[nH]nc(CO)c1S(=O)(=O)NCc1ccc(F)c(Cl)c1. The van der Waals surface area contributed by atoms with Crippen LogP contribution in [0.15, 0.2) is 23.1 Å². The Hall–Kier alpha value is -1.48. The second kappa shape index (κ2) is 6.10. The molecule has 0 amide bonds. The average molecular weight is 334 g/mol. The summed E-state index contributed by atoms with van der Waals surface area (Å²) in [4.78, 5) is -0.0850. The van der Waals surface area contributed by atoms with Gasteiger partial charge in [0.1, 0.15) is 16.4 Å². The average Bonchev–Trinajstić information content (AvgIpc) is 2.82. The fourth-order valence-corrected chi connectivity index (χ4v) is 3.41. The molecule has 0 atom stereocenters. The minimum atomic E-state index is -3.85. The summed E-state index contributed by atoms with van der Waals surface area (Å²) in [6.07, 6.45) is 0. The Morgan fingerprint density at radius 2 is 2.19 bits per heavy atom. The third kappa shape index (κ3) is 3.41. The largest absolute Gasteiger partial charge is 0.390 e. The van der Waals surface area contributed by atoms with E-state index in [-0.39, 0.29) is 22.2 Å². The van der Waals surface area contributed by atoms with Crippen LogP contribution in [0.5, 0.6) is 0 Å². The number of aromatic amines is 1. The molecule has 0 aliphatic heterocycles. The predicted molar refractivity (Wildman–Crippen MR) is 74.7 cm³/mol. The van der Waals surface area contributed by atoms with Gasteiger partial charge in [-0.25, -0.2) is 17.5 Å². The maximum absolute atomic E-state index is 13.0. The van der Waals surface area contributed by atoms with E-state index in [1.54, 1.807) is 0 Å². The van der Waals surface area contributed by atoms with Gasteiger partial charge in [-0.15, -0.1) is 0 Å². The van der Waals surface area contributed by atoms with Crippen LogP contribution in [0.2, 0.25) is 5.02 Å². The number of hydrogen-bond donors (Lipinski definition) is 3. The minimum absolute atomic E-state index is 0.0390. The highest BCUT2D eigenvalue weighted by Crippen LogP contribution is 2.19. The van der Waals surface area contributed by atoms with Gasteiger partial charge >= 0.3 is 0 Å². The van der Waals surface area contributed by atoms with Crippen molar-refractivity contribution in [3.8, 4) is 0 Å². The van der Waals surface area contributed by atoms with Crippen LogP contribution < -0.4 is 4.72 Å². The number of nitrogens with zero attached hydrogens (tertiary/aromatic N) is 1. The van der Waals surface area contributed by atoms with E-state index in [4.69, 9.17) is 16.7 Å². The summed E-state index contributed by atoms with van der Waals surface area (Å²) in [5.41, 5.74) is 0.873. The fourth-order valence-electron chi connectivity index (χ4n) is 1.83. The van der Waals surface area contributed by atoms with Crippen LogP contribution >= 0.6 is 11.6 Å². The lowest BCUT2D eigenvalue weighted by Gasteiger charge is -2.08. The first-order valence-electron chi connectivity index (χ1n) is 5.93. The number of sulfonamides is 1. The van der Waals surface area contributed by atoms with Crippen LogP contribution in [0.3, 0.4) is 0 Å². The number of aryl methyl sites for hydroxylation is 1. The Balaban J connectivity index is 2.21. The normalized spacial score (nSPS) is 11.8. The molecule has 0 saturated heterocycles. The zero-order valence-corrected chi connectivity index (χ0v) is 12.6. The summed E-state index contributed by atoms with van der Waals surface area (Å²) in [5, 5.41) is 15.3. The summed E-state index contributed by atoms with van der Waals surface area (Å²) in [6, 6.07) is 3.93. The molecule has 2 rings (SSSR count). The molecule has 1 aromatic heterocycles. The number of aliphatic hydroxyl groups excluding tert-OH is 1. The Bertz CT molecular complexity index is 761. The molecule has 0 fully saturated rings. The van der Waals surface area contributed by atoms with Crippen molar-refractivity contribution in [2.45, 2.75) is 25.0 Å². The molecule has 21 heavy (non-hydrogen) atoms. The lowest BCUT2D eigenvalue weighted by atomic mass is 10.2. The Kier molecular flexibility index (Phi) is 4.62. The topological polar surface area (TPSA) is 95.1 Å². The number of hydrogen-bond acceptors (Lipinski definition) is 4. The quantitative estimate of drug-likeness (QED) is 0.772. The third-order valence-electron chi connectivity index (χ3n) is 2.83. The number of nitrogens with one attached hydrogen (secondary N) is 2. The first-order valence-corrected chi connectivity index (χ1v) is 7.79. The summed E-state index contributed by atoms with van der Waals surface area (Å²) >= 11 is 5.64. The molecule has 0 radical (unpaired) electrons. The molecule has 3 N–H and O–H groups in total. The molecule has 6 nitrogen and oxygen atoms in total. The number of benzene rings is 1. The Morgan fingerprint density at radius 1 is 1.48 bits per heavy atom. The van der Waals surface area contributed by atoms with Crippen molar-refractivity contribution in [2.24, 2.45) is 0 Å². The van der Waals surface area contributed by atoms with Gasteiger partial charge in [-0.1, -0.05) is 17.7 Å².